The van der Waals surface area contributed by atoms with Crippen LogP contribution in [-0.2, 0) is 22.7 Å². The number of nitrogens with one attached hydrogen (secondary N) is 1. The monoisotopic (exact) mass is 487 g/mol. The lowest BCUT2D eigenvalue weighted by Gasteiger charge is -2.34. The average Bonchev–Trinajstić information content (AvgIpc) is 3.28. The SMILES string of the molecule is CCC(C)(C)NC(=O)[C@@H](c1ccccc1F)N(Cc1ccccc1)C(=O)Cn1nnc2ccccc21. The Morgan fingerprint density at radius 2 is 1.67 bits per heavy atom. The summed E-state index contributed by atoms with van der Waals surface area (Å²) in [5, 5.41) is 11.3. The minimum absolute atomic E-state index is 0.116. The van der Waals surface area contributed by atoms with E-state index >= 15 is 4.39 Å². The van der Waals surface area contributed by atoms with Gasteiger partial charge in [-0.2, -0.15) is 0 Å². The number of carbonyl (C=O) groups excluding carboxylic acids is 2. The van der Waals surface area contributed by atoms with Gasteiger partial charge < -0.3 is 10.2 Å². The maximum atomic E-state index is 15.1. The topological polar surface area (TPSA) is 80.1 Å². The van der Waals surface area contributed by atoms with Crippen molar-refractivity contribution in [3.8, 4) is 0 Å². The van der Waals surface area contributed by atoms with Crippen LogP contribution in [0.3, 0.4) is 0 Å². The fourth-order valence-electron chi connectivity index (χ4n) is 3.99. The summed E-state index contributed by atoms with van der Waals surface area (Å²) in [5.41, 5.74) is 1.77. The number of para-hydroxylation sites is 1. The fourth-order valence-corrected chi connectivity index (χ4v) is 3.99. The van der Waals surface area contributed by atoms with Gasteiger partial charge in [0, 0.05) is 17.6 Å². The van der Waals surface area contributed by atoms with Crippen LogP contribution in [0.25, 0.3) is 11.0 Å². The number of amides is 2. The third-order valence-electron chi connectivity index (χ3n) is 6.33. The second-order valence-corrected chi connectivity index (χ2v) is 9.39. The molecule has 186 valence electrons. The Morgan fingerprint density at radius 1 is 1.00 bits per heavy atom. The molecule has 3 aromatic carbocycles. The number of hydrogen-bond acceptors (Lipinski definition) is 4. The summed E-state index contributed by atoms with van der Waals surface area (Å²) >= 11 is 0. The quantitative estimate of drug-likeness (QED) is 0.373. The summed E-state index contributed by atoms with van der Waals surface area (Å²) in [4.78, 5) is 29.0. The van der Waals surface area contributed by atoms with Crippen molar-refractivity contribution in [1.82, 2.24) is 25.2 Å². The van der Waals surface area contributed by atoms with Gasteiger partial charge >= 0.3 is 0 Å². The fraction of sp³-hybridized carbons (Fsp3) is 0.286. The van der Waals surface area contributed by atoms with E-state index < -0.39 is 23.3 Å². The van der Waals surface area contributed by atoms with Gasteiger partial charge in [-0.05, 0) is 44.0 Å². The van der Waals surface area contributed by atoms with E-state index in [-0.39, 0.29) is 24.6 Å². The molecule has 0 radical (unpaired) electrons. The summed E-state index contributed by atoms with van der Waals surface area (Å²) in [6, 6.07) is 21.6. The van der Waals surface area contributed by atoms with Crippen LogP contribution in [0.2, 0.25) is 0 Å². The molecule has 7 nitrogen and oxygen atoms in total. The molecule has 0 aliphatic heterocycles. The summed E-state index contributed by atoms with van der Waals surface area (Å²) in [7, 11) is 0. The lowest BCUT2D eigenvalue weighted by Crippen LogP contribution is -2.50. The van der Waals surface area contributed by atoms with Gasteiger partial charge in [0.2, 0.25) is 11.8 Å². The average molecular weight is 488 g/mol. The van der Waals surface area contributed by atoms with Gasteiger partial charge in [-0.1, -0.05) is 72.8 Å². The van der Waals surface area contributed by atoms with Gasteiger partial charge in [-0.3, -0.25) is 9.59 Å². The minimum Gasteiger partial charge on any atom is -0.349 e. The predicted molar refractivity (Wildman–Crippen MR) is 136 cm³/mol. The Balaban J connectivity index is 1.77. The second-order valence-electron chi connectivity index (χ2n) is 9.39. The molecule has 1 N–H and O–H groups in total. The number of halogens is 1. The Labute approximate surface area is 209 Å². The highest BCUT2D eigenvalue weighted by molar-refractivity contribution is 5.89. The maximum Gasteiger partial charge on any atom is 0.247 e. The maximum absolute atomic E-state index is 15.1. The van der Waals surface area contributed by atoms with Crippen LogP contribution >= 0.6 is 0 Å². The Kier molecular flexibility index (Phi) is 7.43. The molecule has 8 heteroatoms. The van der Waals surface area contributed by atoms with Crippen molar-refractivity contribution in [2.75, 3.05) is 0 Å². The van der Waals surface area contributed by atoms with Gasteiger partial charge in [0.1, 0.15) is 23.9 Å². The summed E-state index contributed by atoms with van der Waals surface area (Å²) < 4.78 is 16.6. The number of rotatable bonds is 9. The van der Waals surface area contributed by atoms with E-state index in [0.29, 0.717) is 17.5 Å². The van der Waals surface area contributed by atoms with E-state index in [9.17, 15) is 9.59 Å². The number of hydrogen-bond donors (Lipinski definition) is 1. The molecule has 0 spiro atoms. The molecule has 4 aromatic rings. The number of carbonyl (C=O) groups is 2. The molecule has 0 saturated carbocycles. The van der Waals surface area contributed by atoms with E-state index in [1.54, 1.807) is 18.2 Å². The molecule has 0 unspecified atom stereocenters. The normalized spacial score (nSPS) is 12.3. The molecule has 1 aromatic heterocycles. The van der Waals surface area contributed by atoms with Gasteiger partial charge in [-0.15, -0.1) is 5.10 Å². The highest BCUT2D eigenvalue weighted by Gasteiger charge is 2.35. The zero-order valence-electron chi connectivity index (χ0n) is 20.7. The van der Waals surface area contributed by atoms with Crippen molar-refractivity contribution in [3.63, 3.8) is 0 Å². The van der Waals surface area contributed by atoms with E-state index in [2.05, 4.69) is 15.6 Å². The van der Waals surface area contributed by atoms with Crippen molar-refractivity contribution in [2.24, 2.45) is 0 Å². The summed E-state index contributed by atoms with van der Waals surface area (Å²) in [6.07, 6.45) is 0.667. The van der Waals surface area contributed by atoms with E-state index in [4.69, 9.17) is 0 Å². The Hall–Kier alpha value is -4.07. The predicted octanol–water partition coefficient (Wildman–Crippen LogP) is 4.65. The Morgan fingerprint density at radius 3 is 2.39 bits per heavy atom. The molecular weight excluding hydrogens is 457 g/mol. The lowest BCUT2D eigenvalue weighted by molar-refractivity contribution is -0.143. The number of aromatic nitrogens is 3. The molecule has 1 heterocycles. The molecule has 0 saturated heterocycles. The first kappa shape index (κ1) is 25.0. The standard InChI is InChI=1S/C28H30FN5O2/c1-4-28(2,3)30-27(36)26(21-14-8-9-15-22(21)29)33(18-20-12-6-5-7-13-20)25(35)19-34-24-17-11-10-16-23(24)31-32-34/h5-17,26H,4,18-19H2,1-3H3,(H,30,36)/t26-/m1/s1. The highest BCUT2D eigenvalue weighted by Crippen LogP contribution is 2.28. The van der Waals surface area contributed by atoms with Gasteiger partial charge in [0.05, 0.1) is 5.52 Å². The van der Waals surface area contributed by atoms with Crippen LogP contribution in [0.1, 0.15) is 44.4 Å². The molecule has 4 rings (SSSR count). The minimum atomic E-state index is -1.18. The first-order valence-electron chi connectivity index (χ1n) is 12.0. The zero-order valence-corrected chi connectivity index (χ0v) is 20.7. The molecule has 0 aliphatic carbocycles. The number of nitrogens with zero attached hydrogens (tertiary/aromatic N) is 4. The molecule has 0 fully saturated rings. The third kappa shape index (κ3) is 5.59. The van der Waals surface area contributed by atoms with Crippen molar-refractivity contribution in [2.45, 2.75) is 51.9 Å². The van der Waals surface area contributed by atoms with Crippen LogP contribution in [-0.4, -0.2) is 37.2 Å². The van der Waals surface area contributed by atoms with E-state index in [0.717, 1.165) is 5.56 Å². The number of benzene rings is 3. The van der Waals surface area contributed by atoms with Gasteiger partial charge in [0.15, 0.2) is 0 Å². The van der Waals surface area contributed by atoms with E-state index in [1.165, 1.54) is 15.6 Å². The van der Waals surface area contributed by atoms with Crippen molar-refractivity contribution >= 4 is 22.8 Å². The van der Waals surface area contributed by atoms with Crippen LogP contribution in [0, 0.1) is 5.82 Å². The smallest absolute Gasteiger partial charge is 0.247 e. The molecule has 1 atom stereocenters. The second kappa shape index (κ2) is 10.7. The Bertz CT molecular complexity index is 1350. The first-order valence-corrected chi connectivity index (χ1v) is 12.0. The molecule has 0 bridgehead atoms. The highest BCUT2D eigenvalue weighted by atomic mass is 19.1. The van der Waals surface area contributed by atoms with Crippen molar-refractivity contribution in [3.05, 3.63) is 95.8 Å². The number of fused-ring (bicyclic) bond motifs is 1. The molecule has 36 heavy (non-hydrogen) atoms. The van der Waals surface area contributed by atoms with Crippen LogP contribution < -0.4 is 5.32 Å². The summed E-state index contributed by atoms with van der Waals surface area (Å²) in [6.45, 7) is 5.72. The first-order chi connectivity index (χ1) is 17.3. The third-order valence-corrected chi connectivity index (χ3v) is 6.33. The van der Waals surface area contributed by atoms with Crippen LogP contribution in [0.4, 0.5) is 4.39 Å². The van der Waals surface area contributed by atoms with E-state index in [1.807, 2.05) is 75.4 Å². The van der Waals surface area contributed by atoms with Crippen LogP contribution in [0.15, 0.2) is 78.9 Å². The largest absolute Gasteiger partial charge is 0.349 e. The zero-order chi connectivity index (χ0) is 25.7. The van der Waals surface area contributed by atoms with Gasteiger partial charge in [-0.25, -0.2) is 9.07 Å². The molecule has 0 aliphatic rings. The molecular formula is C28H30FN5O2. The van der Waals surface area contributed by atoms with Crippen molar-refractivity contribution < 1.29 is 14.0 Å². The lowest BCUT2D eigenvalue weighted by atomic mass is 9.98. The van der Waals surface area contributed by atoms with Crippen molar-refractivity contribution in [1.29, 1.82) is 0 Å². The van der Waals surface area contributed by atoms with Crippen LogP contribution in [0.5, 0.6) is 0 Å². The molecule has 2 amide bonds. The van der Waals surface area contributed by atoms with Gasteiger partial charge in [0.25, 0.3) is 0 Å². The summed E-state index contributed by atoms with van der Waals surface area (Å²) in [5.74, 6) is -1.38.